The largest absolute Gasteiger partial charge is 0.353 e. The Morgan fingerprint density at radius 2 is 1.70 bits per heavy atom. The molecule has 2 saturated heterocycles. The van der Waals surface area contributed by atoms with E-state index in [0.717, 1.165) is 38.3 Å². The lowest BCUT2D eigenvalue weighted by Gasteiger charge is -2.22. The number of amides is 1. The Bertz CT molecular complexity index is 680. The number of likely N-dealkylation sites (tertiary alicyclic amines) is 2. The zero-order chi connectivity index (χ0) is 15.8. The highest BCUT2D eigenvalue weighted by Crippen LogP contribution is 2.32. The first-order valence-corrected chi connectivity index (χ1v) is 8.37. The topological polar surface area (TPSA) is 28.5 Å². The van der Waals surface area contributed by atoms with Crippen LogP contribution >= 0.6 is 0 Å². The van der Waals surface area contributed by atoms with Crippen LogP contribution in [0.1, 0.15) is 16.1 Å². The fourth-order valence-corrected chi connectivity index (χ4v) is 4.04. The molecule has 0 radical (unpaired) electrons. The maximum Gasteiger partial charge on any atom is 0.253 e. The van der Waals surface area contributed by atoms with E-state index in [1.165, 1.54) is 5.69 Å². The molecule has 2 aliphatic heterocycles. The minimum absolute atomic E-state index is 0.189. The van der Waals surface area contributed by atoms with Gasteiger partial charge in [-0.25, -0.2) is 0 Å². The van der Waals surface area contributed by atoms with E-state index in [0.29, 0.717) is 11.8 Å². The van der Waals surface area contributed by atoms with Crippen LogP contribution in [0.5, 0.6) is 0 Å². The molecule has 1 aromatic carbocycles. The second kappa shape index (κ2) is 5.85. The highest BCUT2D eigenvalue weighted by atomic mass is 16.2. The van der Waals surface area contributed by atoms with Crippen LogP contribution in [0.2, 0.25) is 0 Å². The molecule has 23 heavy (non-hydrogen) atoms. The van der Waals surface area contributed by atoms with Crippen molar-refractivity contribution in [1.82, 2.24) is 14.4 Å². The summed E-state index contributed by atoms with van der Waals surface area (Å²) in [7, 11) is 2.10. The van der Waals surface area contributed by atoms with Gasteiger partial charge >= 0.3 is 0 Å². The van der Waals surface area contributed by atoms with E-state index >= 15 is 0 Å². The van der Waals surface area contributed by atoms with E-state index < -0.39 is 0 Å². The molecule has 0 bridgehead atoms. The van der Waals surface area contributed by atoms with E-state index in [-0.39, 0.29) is 5.91 Å². The van der Waals surface area contributed by atoms with Crippen LogP contribution in [-0.4, -0.2) is 46.5 Å². The molecule has 2 atom stereocenters. The van der Waals surface area contributed by atoms with Crippen molar-refractivity contribution < 1.29 is 4.79 Å². The van der Waals surface area contributed by atoms with E-state index in [9.17, 15) is 4.79 Å². The first-order valence-electron chi connectivity index (χ1n) is 8.37. The first kappa shape index (κ1) is 14.5. The van der Waals surface area contributed by atoms with Crippen molar-refractivity contribution in [3.8, 4) is 0 Å². The molecule has 0 aliphatic carbocycles. The molecule has 120 valence electrons. The smallest absolute Gasteiger partial charge is 0.253 e. The lowest BCUT2D eigenvalue weighted by molar-refractivity contribution is 0.0773. The Morgan fingerprint density at radius 3 is 2.30 bits per heavy atom. The Morgan fingerprint density at radius 1 is 1.00 bits per heavy atom. The van der Waals surface area contributed by atoms with Gasteiger partial charge in [0.05, 0.1) is 0 Å². The van der Waals surface area contributed by atoms with Crippen molar-refractivity contribution in [2.75, 3.05) is 26.2 Å². The Balaban J connectivity index is 1.37. The van der Waals surface area contributed by atoms with E-state index in [1.54, 1.807) is 0 Å². The molecule has 0 spiro atoms. The lowest BCUT2D eigenvalue weighted by atomic mass is 10.0. The third kappa shape index (κ3) is 2.79. The minimum Gasteiger partial charge on any atom is -0.353 e. The van der Waals surface area contributed by atoms with Gasteiger partial charge in [-0.15, -0.1) is 0 Å². The fraction of sp³-hybridized carbons (Fsp3) is 0.421. The molecule has 3 heterocycles. The molecule has 4 heteroatoms. The van der Waals surface area contributed by atoms with Gasteiger partial charge in [0.2, 0.25) is 0 Å². The summed E-state index contributed by atoms with van der Waals surface area (Å²) in [6, 6.07) is 14.0. The number of aromatic nitrogens is 1. The molecule has 4 rings (SSSR count). The van der Waals surface area contributed by atoms with E-state index in [4.69, 9.17) is 0 Å². The van der Waals surface area contributed by atoms with E-state index in [1.807, 2.05) is 35.2 Å². The molecule has 2 fully saturated rings. The van der Waals surface area contributed by atoms with Gasteiger partial charge in [0.15, 0.2) is 0 Å². The van der Waals surface area contributed by atoms with Gasteiger partial charge in [0.25, 0.3) is 5.91 Å². The van der Waals surface area contributed by atoms with Crippen LogP contribution < -0.4 is 0 Å². The van der Waals surface area contributed by atoms with Gasteiger partial charge in [-0.3, -0.25) is 9.69 Å². The van der Waals surface area contributed by atoms with Crippen LogP contribution in [0.4, 0.5) is 0 Å². The first-order chi connectivity index (χ1) is 11.2. The number of benzene rings is 1. The van der Waals surface area contributed by atoms with E-state index in [2.05, 4.69) is 34.8 Å². The summed E-state index contributed by atoms with van der Waals surface area (Å²) in [6.07, 6.45) is 2.10. The normalized spacial score (nSPS) is 24.1. The fourth-order valence-electron chi connectivity index (χ4n) is 4.04. The summed E-state index contributed by atoms with van der Waals surface area (Å²) < 4.78 is 2.19. The summed E-state index contributed by atoms with van der Waals surface area (Å²) in [5.41, 5.74) is 2.18. The number of aryl methyl sites for hydroxylation is 1. The molecule has 1 amide bonds. The summed E-state index contributed by atoms with van der Waals surface area (Å²) in [4.78, 5) is 17.2. The zero-order valence-corrected chi connectivity index (χ0v) is 13.6. The van der Waals surface area contributed by atoms with Gasteiger partial charge in [-0.1, -0.05) is 18.2 Å². The Labute approximate surface area is 137 Å². The monoisotopic (exact) mass is 309 g/mol. The number of fused-ring (bicyclic) bond motifs is 1. The zero-order valence-electron chi connectivity index (χ0n) is 13.6. The van der Waals surface area contributed by atoms with Crippen LogP contribution in [0.15, 0.2) is 48.7 Å². The second-order valence-corrected chi connectivity index (χ2v) is 6.90. The number of hydrogen-bond donors (Lipinski definition) is 0. The maximum absolute atomic E-state index is 12.6. The van der Waals surface area contributed by atoms with Crippen molar-refractivity contribution in [3.05, 3.63) is 59.9 Å². The predicted molar refractivity (Wildman–Crippen MR) is 90.0 cm³/mol. The van der Waals surface area contributed by atoms with Crippen LogP contribution in [0, 0.1) is 11.8 Å². The molecule has 4 nitrogen and oxygen atoms in total. The average Bonchev–Trinajstić information content (AvgIpc) is 3.23. The molecular formula is C19H23N3O. The van der Waals surface area contributed by atoms with Crippen LogP contribution in [0.3, 0.4) is 0 Å². The maximum atomic E-state index is 12.6. The Kier molecular flexibility index (Phi) is 3.69. The van der Waals surface area contributed by atoms with Crippen molar-refractivity contribution in [3.63, 3.8) is 0 Å². The number of hydrogen-bond acceptors (Lipinski definition) is 2. The summed E-state index contributed by atoms with van der Waals surface area (Å²) in [5, 5.41) is 0. The predicted octanol–water partition coefficient (Wildman–Crippen LogP) is 2.23. The molecule has 0 saturated carbocycles. The van der Waals surface area contributed by atoms with Gasteiger partial charge < -0.3 is 9.47 Å². The molecule has 0 N–H and O–H groups in total. The third-order valence-electron chi connectivity index (χ3n) is 5.31. The summed E-state index contributed by atoms with van der Waals surface area (Å²) in [6.45, 7) is 5.04. The van der Waals surface area contributed by atoms with Crippen molar-refractivity contribution in [2.45, 2.75) is 6.54 Å². The van der Waals surface area contributed by atoms with Crippen molar-refractivity contribution in [1.29, 1.82) is 0 Å². The van der Waals surface area contributed by atoms with Crippen LogP contribution in [0.25, 0.3) is 0 Å². The van der Waals surface area contributed by atoms with Gasteiger partial charge in [0.1, 0.15) is 0 Å². The highest BCUT2D eigenvalue weighted by molar-refractivity contribution is 5.94. The van der Waals surface area contributed by atoms with Gasteiger partial charge in [-0.05, 0) is 36.1 Å². The molecule has 2 aliphatic rings. The number of carbonyl (C=O) groups excluding carboxylic acids is 1. The molecule has 2 aromatic rings. The van der Waals surface area contributed by atoms with Crippen molar-refractivity contribution in [2.24, 2.45) is 18.9 Å². The minimum atomic E-state index is 0.189. The standard InChI is InChI=1S/C19H23N3O/c1-20-9-5-8-18(20)14-21-10-16-12-22(13-17(16)11-21)19(23)15-6-3-2-4-7-15/h2-9,16-17H,10-14H2,1H3/t16-,17+. The molecule has 1 aromatic heterocycles. The Hall–Kier alpha value is -2.07. The number of rotatable bonds is 3. The SMILES string of the molecule is Cn1cccc1CN1C[C@@H]2CN(C(=O)c3ccccc3)C[C@@H]2C1. The summed E-state index contributed by atoms with van der Waals surface area (Å²) >= 11 is 0. The van der Waals surface area contributed by atoms with Crippen molar-refractivity contribution >= 4 is 5.91 Å². The average molecular weight is 309 g/mol. The highest BCUT2D eigenvalue weighted by Gasteiger charge is 2.41. The molecular weight excluding hydrogens is 286 g/mol. The van der Waals surface area contributed by atoms with Gasteiger partial charge in [0, 0.05) is 57.2 Å². The third-order valence-corrected chi connectivity index (χ3v) is 5.31. The number of carbonyl (C=O) groups is 1. The summed E-state index contributed by atoms with van der Waals surface area (Å²) in [5.74, 6) is 1.44. The van der Waals surface area contributed by atoms with Crippen LogP contribution in [-0.2, 0) is 13.6 Å². The van der Waals surface area contributed by atoms with Gasteiger partial charge in [-0.2, -0.15) is 0 Å². The lowest BCUT2D eigenvalue weighted by Crippen LogP contribution is -2.33. The molecule has 0 unspecified atom stereocenters. The quantitative estimate of drug-likeness (QED) is 0.870. The second-order valence-electron chi connectivity index (χ2n) is 6.90. The number of nitrogens with zero attached hydrogens (tertiary/aromatic N) is 3.